The van der Waals surface area contributed by atoms with Crippen molar-refractivity contribution < 1.29 is 43.6 Å². The Kier molecular flexibility index (Phi) is 6.11. The molecule has 0 fully saturated rings. The first kappa shape index (κ1) is 13.7. The van der Waals surface area contributed by atoms with E-state index in [-0.39, 0.29) is 35.9 Å². The molecule has 0 amide bonds. The zero-order valence-corrected chi connectivity index (χ0v) is 11.0. The zero-order valence-electron chi connectivity index (χ0n) is 9.17. The third-order valence-corrected chi connectivity index (χ3v) is 2.56. The molecule has 1 aromatic rings. The van der Waals surface area contributed by atoms with Crippen LogP contribution in [0.5, 0.6) is 0 Å². The molecule has 0 saturated heterocycles. The van der Waals surface area contributed by atoms with E-state index in [9.17, 15) is 8.42 Å². The fourth-order valence-corrected chi connectivity index (χ4v) is 1.63. The monoisotopic (exact) mass is 222 g/mol. The maximum atomic E-state index is 11.3. The van der Waals surface area contributed by atoms with Crippen LogP contribution in [-0.4, -0.2) is 8.42 Å². The molecule has 0 aromatic heterocycles. The molecule has 0 N–H and O–H groups in total. The smallest absolute Gasteiger partial charge is 1.00 e. The molecule has 72 valence electrons. The molecule has 0 radical (unpaired) electrons. The van der Waals surface area contributed by atoms with Crippen molar-refractivity contribution >= 4 is 10.1 Å². The van der Waals surface area contributed by atoms with Gasteiger partial charge in [0.05, 0.1) is 0 Å². The summed E-state index contributed by atoms with van der Waals surface area (Å²) in [7, 11) is -3.61. The second kappa shape index (κ2) is 6.24. The number of hydrogen-bond donors (Lipinski definition) is 0. The average Bonchev–Trinajstić information content (AvgIpc) is 2.16. The van der Waals surface area contributed by atoms with Gasteiger partial charge in [-0.1, -0.05) is 24.3 Å². The van der Waals surface area contributed by atoms with Crippen molar-refractivity contribution in [3.63, 3.8) is 0 Å². The van der Waals surface area contributed by atoms with Crippen LogP contribution in [0.15, 0.2) is 47.6 Å². The van der Waals surface area contributed by atoms with Crippen LogP contribution in [0.1, 0.15) is 8.35 Å². The van der Waals surface area contributed by atoms with Gasteiger partial charge < -0.3 is 5.61 Å². The maximum absolute atomic E-state index is 11.3. The van der Waals surface area contributed by atoms with E-state index in [1.165, 1.54) is 18.2 Å². The van der Waals surface area contributed by atoms with E-state index in [1.54, 1.807) is 25.1 Å². The van der Waals surface area contributed by atoms with Crippen molar-refractivity contribution in [2.75, 3.05) is 0 Å². The summed E-state index contributed by atoms with van der Waals surface area (Å²) in [5.74, 6) is 0. The molecule has 0 aliphatic heterocycles. The molecule has 1 rings (SSSR count). The Bertz CT molecular complexity index is 389. The van der Waals surface area contributed by atoms with Crippen LogP contribution in [0.4, 0.5) is 0 Å². The molecular formula is C9H11NaO3S. The van der Waals surface area contributed by atoms with Gasteiger partial charge in [0.15, 0.2) is 0 Å². The summed E-state index contributed by atoms with van der Waals surface area (Å²) >= 11 is 0. The molecule has 0 aliphatic rings. The minimum absolute atomic E-state index is 0. The molecule has 3 nitrogen and oxygen atoms in total. The molecule has 0 bridgehead atoms. The van der Waals surface area contributed by atoms with Crippen LogP contribution in [0.25, 0.3) is 0 Å². The van der Waals surface area contributed by atoms with Crippen LogP contribution in [0, 0.1) is 0 Å². The average molecular weight is 222 g/mol. The zero-order chi connectivity index (χ0) is 9.73. The second-order valence-electron chi connectivity index (χ2n) is 2.33. The number of benzene rings is 1. The number of allylic oxidation sites excluding steroid dienone is 1. The Labute approximate surface area is 108 Å². The quantitative estimate of drug-likeness (QED) is 0.376. The molecule has 0 unspecified atom stereocenters. The first-order chi connectivity index (χ1) is 6.17. The van der Waals surface area contributed by atoms with Crippen LogP contribution in [0.3, 0.4) is 0 Å². The minimum atomic E-state index is -3.61. The summed E-state index contributed by atoms with van der Waals surface area (Å²) < 4.78 is 27.2. The number of hydrogen-bond acceptors (Lipinski definition) is 3. The van der Waals surface area contributed by atoms with E-state index in [4.69, 9.17) is 0 Å². The van der Waals surface area contributed by atoms with Gasteiger partial charge in [0.1, 0.15) is 11.2 Å². The fourth-order valence-electron chi connectivity index (χ4n) is 0.771. The van der Waals surface area contributed by atoms with E-state index < -0.39 is 10.1 Å². The Morgan fingerprint density at radius 3 is 2.36 bits per heavy atom. The molecule has 0 heterocycles. The van der Waals surface area contributed by atoms with Crippen molar-refractivity contribution in [1.29, 1.82) is 0 Å². The molecule has 0 spiro atoms. The van der Waals surface area contributed by atoms with E-state index in [2.05, 4.69) is 4.18 Å². The summed E-state index contributed by atoms with van der Waals surface area (Å²) in [5, 5.41) is 0. The summed E-state index contributed by atoms with van der Waals surface area (Å²) in [5.41, 5.74) is 0. The van der Waals surface area contributed by atoms with Crippen LogP contribution < -0.4 is 29.6 Å². The van der Waals surface area contributed by atoms with Gasteiger partial charge in [-0.05, 0) is 19.1 Å². The van der Waals surface area contributed by atoms with Crippen molar-refractivity contribution in [3.05, 3.63) is 42.7 Å². The summed E-state index contributed by atoms with van der Waals surface area (Å²) in [6.45, 7) is 1.68. The van der Waals surface area contributed by atoms with Gasteiger partial charge in [-0.25, -0.2) is 0 Å². The first-order valence-corrected chi connectivity index (χ1v) is 5.17. The largest absolute Gasteiger partial charge is 1.00 e. The Balaban J connectivity index is 0. The summed E-state index contributed by atoms with van der Waals surface area (Å²) in [6.07, 6.45) is 2.66. The summed E-state index contributed by atoms with van der Waals surface area (Å²) in [4.78, 5) is 0.160. The minimum Gasteiger partial charge on any atom is -1.00 e. The maximum Gasteiger partial charge on any atom is 1.00 e. The molecular weight excluding hydrogens is 211 g/mol. The van der Waals surface area contributed by atoms with E-state index in [1.807, 2.05) is 0 Å². The Morgan fingerprint density at radius 2 is 1.86 bits per heavy atom. The van der Waals surface area contributed by atoms with Crippen LogP contribution in [-0.2, 0) is 14.3 Å². The van der Waals surface area contributed by atoms with E-state index >= 15 is 0 Å². The Morgan fingerprint density at radius 1 is 1.29 bits per heavy atom. The molecule has 0 saturated carbocycles. The predicted octanol–water partition coefficient (Wildman–Crippen LogP) is -0.958. The SMILES string of the molecule is CC=COS(=O)(=O)c1ccccc1.[H-].[Na+]. The third kappa shape index (κ3) is 3.84. The van der Waals surface area contributed by atoms with Crippen molar-refractivity contribution in [2.45, 2.75) is 11.8 Å². The van der Waals surface area contributed by atoms with Gasteiger partial charge in [0.25, 0.3) is 0 Å². The van der Waals surface area contributed by atoms with Gasteiger partial charge in [-0.3, -0.25) is 0 Å². The van der Waals surface area contributed by atoms with Crippen molar-refractivity contribution in [3.8, 4) is 0 Å². The normalized spacial score (nSPS) is 10.9. The van der Waals surface area contributed by atoms with Crippen molar-refractivity contribution in [1.82, 2.24) is 0 Å². The number of rotatable bonds is 3. The van der Waals surface area contributed by atoms with Crippen molar-refractivity contribution in [2.24, 2.45) is 0 Å². The fraction of sp³-hybridized carbons (Fsp3) is 0.111. The Hall–Kier alpha value is -0.290. The molecule has 0 atom stereocenters. The topological polar surface area (TPSA) is 43.4 Å². The van der Waals surface area contributed by atoms with Gasteiger partial charge >= 0.3 is 39.7 Å². The van der Waals surface area contributed by atoms with Crippen LogP contribution >= 0.6 is 0 Å². The molecule has 14 heavy (non-hydrogen) atoms. The second-order valence-corrected chi connectivity index (χ2v) is 3.90. The van der Waals surface area contributed by atoms with Crippen LogP contribution in [0.2, 0.25) is 0 Å². The summed E-state index contributed by atoms with van der Waals surface area (Å²) in [6, 6.07) is 8.00. The molecule has 5 heteroatoms. The van der Waals surface area contributed by atoms with Gasteiger partial charge in [0, 0.05) is 0 Å². The van der Waals surface area contributed by atoms with Gasteiger partial charge in [0.2, 0.25) is 0 Å². The van der Waals surface area contributed by atoms with E-state index in [0.717, 1.165) is 6.26 Å². The van der Waals surface area contributed by atoms with Gasteiger partial charge in [-0.15, -0.1) is 0 Å². The van der Waals surface area contributed by atoms with E-state index in [0.29, 0.717) is 0 Å². The third-order valence-electron chi connectivity index (χ3n) is 1.35. The first-order valence-electron chi connectivity index (χ1n) is 3.76. The molecule has 1 aromatic carbocycles. The predicted molar refractivity (Wildman–Crippen MR) is 50.6 cm³/mol. The standard InChI is InChI=1S/C9H10O3S.Na.H/c1-2-8-12-13(10,11)9-6-4-3-5-7-9;;/h2-8H,1H3;;/q;+1;-1. The molecule has 0 aliphatic carbocycles. The van der Waals surface area contributed by atoms with Gasteiger partial charge in [-0.2, -0.15) is 8.42 Å².